The van der Waals surface area contributed by atoms with Crippen molar-refractivity contribution in [2.24, 2.45) is 0 Å². The Kier molecular flexibility index (Phi) is 4.56. The van der Waals surface area contributed by atoms with Crippen LogP contribution in [0.3, 0.4) is 0 Å². The molecule has 0 aliphatic carbocycles. The monoisotopic (exact) mass is 196 g/mol. The van der Waals surface area contributed by atoms with Crippen molar-refractivity contribution in [3.8, 4) is 23.7 Å². The Hall–Kier alpha value is -2.20. The van der Waals surface area contributed by atoms with Crippen molar-refractivity contribution < 1.29 is 5.11 Å². The van der Waals surface area contributed by atoms with Crippen LogP contribution < -0.4 is 0 Å². The molecule has 0 aliphatic rings. The lowest BCUT2D eigenvalue weighted by molar-refractivity contribution is 0.518. The maximum atomic E-state index is 7.10. The Labute approximate surface area is 90.0 Å². The summed E-state index contributed by atoms with van der Waals surface area (Å²) >= 11 is 0. The van der Waals surface area contributed by atoms with Gasteiger partial charge in [0.2, 0.25) is 0 Å². The molecule has 0 aliphatic heterocycles. The predicted molar refractivity (Wildman–Crippen MR) is 62.6 cm³/mol. The van der Waals surface area contributed by atoms with E-state index in [2.05, 4.69) is 55.0 Å². The van der Waals surface area contributed by atoms with Gasteiger partial charge in [-0.05, 0) is 11.1 Å². The van der Waals surface area contributed by atoms with Crippen molar-refractivity contribution >= 4 is 0 Å². The molecule has 0 fully saturated rings. The molecule has 1 N–H and O–H groups in total. The number of benzene rings is 2. The summed E-state index contributed by atoms with van der Waals surface area (Å²) in [6.07, 6.45) is 5.40. The van der Waals surface area contributed by atoms with E-state index in [4.69, 9.17) is 5.11 Å². The first-order chi connectivity index (χ1) is 7.38. The maximum Gasteiger partial charge on any atom is 0.103 e. The van der Waals surface area contributed by atoms with Crippen LogP contribution in [0.25, 0.3) is 11.1 Å². The van der Waals surface area contributed by atoms with Gasteiger partial charge in [0.05, 0.1) is 0 Å². The molecule has 15 heavy (non-hydrogen) atoms. The van der Waals surface area contributed by atoms with Crippen LogP contribution in [0, 0.1) is 12.5 Å². The van der Waals surface area contributed by atoms with Gasteiger partial charge in [0.15, 0.2) is 0 Å². The standard InChI is InChI=1S/C12H10.C2H2O/c1-3-7-11(8-4-1)12-9-5-2-6-10-12;1-2-3/h1-10H;1,3H. The molecule has 0 atom stereocenters. The van der Waals surface area contributed by atoms with Gasteiger partial charge in [0.25, 0.3) is 0 Å². The third kappa shape index (κ3) is 3.58. The number of rotatable bonds is 1. The van der Waals surface area contributed by atoms with Gasteiger partial charge < -0.3 is 5.11 Å². The van der Waals surface area contributed by atoms with Crippen LogP contribution >= 0.6 is 0 Å². The summed E-state index contributed by atoms with van der Waals surface area (Å²) in [6.45, 7) is 0. The zero-order chi connectivity index (χ0) is 10.9. The molecule has 0 heterocycles. The SMILES string of the molecule is C#CO.c1ccc(-c2ccccc2)cc1. The highest BCUT2D eigenvalue weighted by Gasteiger charge is 1.91. The van der Waals surface area contributed by atoms with E-state index in [-0.39, 0.29) is 0 Å². The Morgan fingerprint density at radius 3 is 1.27 bits per heavy atom. The number of aliphatic hydroxyl groups is 1. The fraction of sp³-hybridized carbons (Fsp3) is 0. The molecule has 0 bridgehead atoms. The maximum absolute atomic E-state index is 7.10. The van der Waals surface area contributed by atoms with Gasteiger partial charge in [-0.15, -0.1) is 0 Å². The van der Waals surface area contributed by atoms with E-state index in [1.807, 2.05) is 12.1 Å². The molecule has 0 saturated carbocycles. The average Bonchev–Trinajstić information content (AvgIpc) is 2.32. The van der Waals surface area contributed by atoms with Gasteiger partial charge in [-0.2, -0.15) is 0 Å². The Morgan fingerprint density at radius 1 is 0.733 bits per heavy atom. The minimum Gasteiger partial charge on any atom is -0.462 e. The minimum atomic E-state index is 1.25. The van der Waals surface area contributed by atoms with E-state index in [1.54, 1.807) is 0 Å². The van der Waals surface area contributed by atoms with Gasteiger partial charge in [-0.25, -0.2) is 0 Å². The van der Waals surface area contributed by atoms with Crippen molar-refractivity contribution in [2.75, 3.05) is 0 Å². The fourth-order valence-corrected chi connectivity index (χ4v) is 1.26. The molecule has 2 aromatic rings. The summed E-state index contributed by atoms with van der Waals surface area (Å²) in [6, 6.07) is 20.8. The van der Waals surface area contributed by atoms with Crippen LogP contribution in [0.1, 0.15) is 0 Å². The van der Waals surface area contributed by atoms with E-state index < -0.39 is 0 Å². The van der Waals surface area contributed by atoms with Gasteiger partial charge in [0.1, 0.15) is 6.11 Å². The van der Waals surface area contributed by atoms with E-state index in [0.717, 1.165) is 0 Å². The molecule has 0 spiro atoms. The Morgan fingerprint density at radius 2 is 1.00 bits per heavy atom. The lowest BCUT2D eigenvalue weighted by atomic mass is 10.1. The van der Waals surface area contributed by atoms with Gasteiger partial charge >= 0.3 is 0 Å². The lowest BCUT2D eigenvalue weighted by Gasteiger charge is -1.98. The van der Waals surface area contributed by atoms with Crippen LogP contribution in [0.2, 0.25) is 0 Å². The minimum absolute atomic E-state index is 1.25. The first-order valence-electron chi connectivity index (χ1n) is 4.58. The number of hydrogen-bond donors (Lipinski definition) is 1. The van der Waals surface area contributed by atoms with Crippen LogP contribution in [0.5, 0.6) is 0 Å². The fourth-order valence-electron chi connectivity index (χ4n) is 1.26. The van der Waals surface area contributed by atoms with Crippen LogP contribution in [0.4, 0.5) is 0 Å². The summed E-state index contributed by atoms with van der Waals surface area (Å²) < 4.78 is 0. The summed E-state index contributed by atoms with van der Waals surface area (Å²) in [5.74, 6) is 0. The van der Waals surface area contributed by atoms with Crippen LogP contribution in [-0.4, -0.2) is 5.11 Å². The van der Waals surface area contributed by atoms with Crippen LogP contribution in [0.15, 0.2) is 60.7 Å². The Bertz CT molecular complexity index is 375. The molecule has 0 saturated heterocycles. The molecule has 2 aromatic carbocycles. The van der Waals surface area contributed by atoms with Crippen molar-refractivity contribution in [1.29, 1.82) is 0 Å². The normalized spacial score (nSPS) is 8.20. The number of aliphatic hydroxyl groups excluding tert-OH is 1. The second-order valence-electron chi connectivity index (χ2n) is 2.86. The molecule has 0 unspecified atom stereocenters. The van der Waals surface area contributed by atoms with Gasteiger partial charge in [-0.1, -0.05) is 67.1 Å². The first-order valence-corrected chi connectivity index (χ1v) is 4.58. The van der Waals surface area contributed by atoms with Gasteiger partial charge in [-0.3, -0.25) is 0 Å². The highest BCUT2D eigenvalue weighted by molar-refractivity contribution is 5.62. The quantitative estimate of drug-likeness (QED) is 0.694. The number of terminal acetylenes is 1. The van der Waals surface area contributed by atoms with Crippen molar-refractivity contribution in [3.05, 3.63) is 60.7 Å². The lowest BCUT2D eigenvalue weighted by Crippen LogP contribution is -1.73. The smallest absolute Gasteiger partial charge is 0.103 e. The molecule has 74 valence electrons. The van der Waals surface area contributed by atoms with Crippen molar-refractivity contribution in [3.63, 3.8) is 0 Å². The summed E-state index contributed by atoms with van der Waals surface area (Å²) in [7, 11) is 0. The zero-order valence-electron chi connectivity index (χ0n) is 8.30. The van der Waals surface area contributed by atoms with E-state index in [1.165, 1.54) is 17.2 Å². The van der Waals surface area contributed by atoms with Crippen molar-refractivity contribution in [2.45, 2.75) is 0 Å². The molecule has 1 heteroatoms. The summed E-state index contributed by atoms with van der Waals surface area (Å²) in [5, 5.41) is 7.10. The predicted octanol–water partition coefficient (Wildman–Crippen LogP) is 3.30. The summed E-state index contributed by atoms with van der Waals surface area (Å²) in [4.78, 5) is 0. The largest absolute Gasteiger partial charge is 0.462 e. The molecule has 0 aromatic heterocycles. The third-order valence-corrected chi connectivity index (χ3v) is 1.88. The second kappa shape index (κ2) is 6.28. The van der Waals surface area contributed by atoms with Crippen LogP contribution in [-0.2, 0) is 0 Å². The highest BCUT2D eigenvalue weighted by atomic mass is 16.2. The second-order valence-corrected chi connectivity index (χ2v) is 2.86. The molecular weight excluding hydrogens is 184 g/mol. The molecule has 0 radical (unpaired) electrons. The molecular formula is C14H12O. The van der Waals surface area contributed by atoms with Crippen molar-refractivity contribution in [1.82, 2.24) is 0 Å². The first kappa shape index (κ1) is 10.9. The highest BCUT2D eigenvalue weighted by Crippen LogP contribution is 2.17. The topological polar surface area (TPSA) is 20.2 Å². The van der Waals surface area contributed by atoms with Gasteiger partial charge in [0, 0.05) is 0 Å². The molecule has 1 nitrogen and oxygen atoms in total. The number of hydrogen-bond acceptors (Lipinski definition) is 1. The molecule has 0 amide bonds. The van der Waals surface area contributed by atoms with E-state index in [9.17, 15) is 0 Å². The zero-order valence-corrected chi connectivity index (χ0v) is 8.30. The Balaban J connectivity index is 0.000000337. The average molecular weight is 196 g/mol. The third-order valence-electron chi connectivity index (χ3n) is 1.88. The molecule has 2 rings (SSSR count). The van der Waals surface area contributed by atoms with E-state index in [0.29, 0.717) is 0 Å². The van der Waals surface area contributed by atoms with E-state index >= 15 is 0 Å². The summed E-state index contributed by atoms with van der Waals surface area (Å²) in [5.41, 5.74) is 2.55.